The molecule has 0 radical (unpaired) electrons. The molecule has 2 aromatic carbocycles. The summed E-state index contributed by atoms with van der Waals surface area (Å²) < 4.78 is 54.1. The second kappa shape index (κ2) is 9.34. The first-order chi connectivity index (χ1) is 15.8. The Morgan fingerprint density at radius 1 is 1.15 bits per heavy atom. The van der Waals surface area contributed by atoms with Gasteiger partial charge in [0.15, 0.2) is 5.76 Å². The van der Waals surface area contributed by atoms with Gasteiger partial charge >= 0.3 is 0 Å². The van der Waals surface area contributed by atoms with E-state index in [2.05, 4.69) is 15.2 Å². The average Bonchev–Trinajstić information content (AvgIpc) is 3.46. The molecule has 0 saturated carbocycles. The minimum Gasteiger partial charge on any atom is -0.380 e. The predicted octanol–water partition coefficient (Wildman–Crippen LogP) is 4.50. The summed E-state index contributed by atoms with van der Waals surface area (Å²) in [6.45, 7) is 1.20. The monoisotopic (exact) mass is 478 g/mol. The minimum atomic E-state index is -1.92. The Balaban J connectivity index is 1.54. The molecule has 0 spiro atoms. The van der Waals surface area contributed by atoms with Crippen molar-refractivity contribution in [3.8, 4) is 11.3 Å². The molecule has 2 atom stereocenters. The van der Waals surface area contributed by atoms with Crippen LogP contribution in [0.2, 0.25) is 5.02 Å². The molecule has 0 bridgehead atoms. The van der Waals surface area contributed by atoms with Crippen LogP contribution >= 0.6 is 11.6 Å². The highest BCUT2D eigenvalue weighted by atomic mass is 35.5. The summed E-state index contributed by atoms with van der Waals surface area (Å²) in [6, 6.07) is 8.65. The minimum absolute atomic E-state index is 0.0145. The van der Waals surface area contributed by atoms with Gasteiger partial charge in [0.2, 0.25) is 0 Å². The lowest BCUT2D eigenvalue weighted by atomic mass is 9.88. The van der Waals surface area contributed by atoms with Crippen LogP contribution in [-0.2, 0) is 23.5 Å². The number of ether oxygens (including phenoxy) is 1. The molecule has 11 heteroatoms. The number of aromatic nitrogens is 4. The first-order valence-electron chi connectivity index (χ1n) is 9.79. The zero-order chi connectivity index (χ0) is 23.6. The molecule has 0 aliphatic heterocycles. The number of nitrogens with zero attached hydrogens (tertiary/aromatic N) is 4. The molecular formula is C22H18ClF3N4O3. The second-order valence-corrected chi connectivity index (χ2v) is 7.81. The van der Waals surface area contributed by atoms with Gasteiger partial charge in [-0.2, -0.15) is 5.10 Å². The van der Waals surface area contributed by atoms with E-state index in [9.17, 15) is 18.3 Å². The van der Waals surface area contributed by atoms with Gasteiger partial charge in [0.25, 0.3) is 0 Å². The SMILES string of the molecule is C[C@@H](OCc1cc(-c2ccc(Cl)c(F)c2)no1)C(O)(Cn1cncn1)c1ccc(F)cc1F. The summed E-state index contributed by atoms with van der Waals surface area (Å²) in [6.07, 6.45) is 1.62. The van der Waals surface area contributed by atoms with Crippen LogP contribution in [0.15, 0.2) is 59.6 Å². The van der Waals surface area contributed by atoms with Crippen molar-refractivity contribution in [2.24, 2.45) is 0 Å². The standard InChI is InChI=1S/C22H18ClF3N4O3/c1-13(32-9-16-8-21(29-33-16)14-2-5-18(23)20(26)6-14)22(31,10-30-12-27-11-28-30)17-4-3-15(24)7-19(17)25/h2-8,11-13,31H,9-10H2,1H3/t13-,22?/m1/s1. The Bertz CT molecular complexity index is 1250. The molecule has 1 N–H and O–H groups in total. The van der Waals surface area contributed by atoms with Crippen LogP contribution in [0, 0.1) is 17.5 Å². The first kappa shape index (κ1) is 23.0. The third-order valence-electron chi connectivity index (χ3n) is 5.19. The maximum absolute atomic E-state index is 14.6. The summed E-state index contributed by atoms with van der Waals surface area (Å²) >= 11 is 5.70. The Labute approximate surface area is 191 Å². The van der Waals surface area contributed by atoms with E-state index in [-0.39, 0.29) is 29.5 Å². The molecule has 0 aliphatic rings. The molecule has 0 saturated heterocycles. The molecule has 2 aromatic heterocycles. The van der Waals surface area contributed by atoms with Crippen LogP contribution in [-0.4, -0.2) is 31.1 Å². The molecular weight excluding hydrogens is 461 g/mol. The molecule has 172 valence electrons. The van der Waals surface area contributed by atoms with Gasteiger partial charge < -0.3 is 14.4 Å². The summed E-state index contributed by atoms with van der Waals surface area (Å²) in [4.78, 5) is 3.82. The third-order valence-corrected chi connectivity index (χ3v) is 5.50. The van der Waals surface area contributed by atoms with Gasteiger partial charge in [0, 0.05) is 23.3 Å². The lowest BCUT2D eigenvalue weighted by Gasteiger charge is -2.34. The molecule has 2 heterocycles. The summed E-state index contributed by atoms with van der Waals surface area (Å²) in [5.74, 6) is -2.02. The van der Waals surface area contributed by atoms with Crippen LogP contribution in [0.3, 0.4) is 0 Å². The van der Waals surface area contributed by atoms with Gasteiger partial charge in [-0.15, -0.1) is 0 Å². The van der Waals surface area contributed by atoms with Crippen molar-refractivity contribution in [1.29, 1.82) is 0 Å². The highest BCUT2D eigenvalue weighted by Gasteiger charge is 2.40. The van der Waals surface area contributed by atoms with E-state index in [0.717, 1.165) is 12.1 Å². The smallest absolute Gasteiger partial charge is 0.163 e. The van der Waals surface area contributed by atoms with Crippen LogP contribution in [0.1, 0.15) is 18.2 Å². The molecule has 4 aromatic rings. The van der Waals surface area contributed by atoms with Gasteiger partial charge in [-0.3, -0.25) is 0 Å². The first-order valence-corrected chi connectivity index (χ1v) is 10.2. The van der Waals surface area contributed by atoms with E-state index in [1.165, 1.54) is 36.4 Å². The fraction of sp³-hybridized carbons (Fsp3) is 0.227. The Hall–Kier alpha value is -3.21. The maximum Gasteiger partial charge on any atom is 0.163 e. The molecule has 0 amide bonds. The summed E-state index contributed by atoms with van der Waals surface area (Å²) in [5, 5.41) is 19.3. The Morgan fingerprint density at radius 2 is 1.97 bits per heavy atom. The van der Waals surface area contributed by atoms with Gasteiger partial charge in [-0.05, 0) is 25.1 Å². The quantitative estimate of drug-likeness (QED) is 0.401. The van der Waals surface area contributed by atoms with Crippen molar-refractivity contribution in [2.45, 2.75) is 31.8 Å². The molecule has 4 rings (SSSR count). The normalized spacial score (nSPS) is 14.2. The van der Waals surface area contributed by atoms with Gasteiger partial charge in [0.05, 0.1) is 17.7 Å². The second-order valence-electron chi connectivity index (χ2n) is 7.40. The van der Waals surface area contributed by atoms with Crippen molar-refractivity contribution >= 4 is 11.6 Å². The molecule has 0 fully saturated rings. The number of benzene rings is 2. The van der Waals surface area contributed by atoms with Gasteiger partial charge in [-0.25, -0.2) is 22.8 Å². The zero-order valence-electron chi connectivity index (χ0n) is 17.3. The van der Waals surface area contributed by atoms with Crippen LogP contribution in [0.25, 0.3) is 11.3 Å². The van der Waals surface area contributed by atoms with E-state index >= 15 is 0 Å². The number of aliphatic hydroxyl groups is 1. The van der Waals surface area contributed by atoms with E-state index in [0.29, 0.717) is 17.3 Å². The zero-order valence-corrected chi connectivity index (χ0v) is 18.0. The Kier molecular flexibility index (Phi) is 6.50. The maximum atomic E-state index is 14.6. The lowest BCUT2D eigenvalue weighted by Crippen LogP contribution is -2.44. The third kappa shape index (κ3) is 4.92. The fourth-order valence-electron chi connectivity index (χ4n) is 3.35. The number of rotatable bonds is 8. The van der Waals surface area contributed by atoms with Crippen molar-refractivity contribution < 1.29 is 27.5 Å². The van der Waals surface area contributed by atoms with Crippen molar-refractivity contribution in [3.63, 3.8) is 0 Å². The number of halogens is 4. The molecule has 0 aliphatic carbocycles. The highest BCUT2D eigenvalue weighted by Crippen LogP contribution is 2.32. The van der Waals surface area contributed by atoms with Crippen molar-refractivity contribution in [2.75, 3.05) is 0 Å². The molecule has 1 unspecified atom stereocenters. The number of hydrogen-bond donors (Lipinski definition) is 1. The van der Waals surface area contributed by atoms with Crippen LogP contribution < -0.4 is 0 Å². The highest BCUT2D eigenvalue weighted by molar-refractivity contribution is 6.30. The van der Waals surface area contributed by atoms with Crippen LogP contribution in [0.5, 0.6) is 0 Å². The lowest BCUT2D eigenvalue weighted by molar-refractivity contribution is -0.126. The average molecular weight is 479 g/mol. The predicted molar refractivity (Wildman–Crippen MR) is 111 cm³/mol. The van der Waals surface area contributed by atoms with Crippen LogP contribution in [0.4, 0.5) is 13.2 Å². The van der Waals surface area contributed by atoms with Gasteiger partial charge in [0.1, 0.15) is 48.0 Å². The van der Waals surface area contributed by atoms with Gasteiger partial charge in [-0.1, -0.05) is 28.9 Å². The van der Waals surface area contributed by atoms with E-state index in [1.54, 1.807) is 12.1 Å². The largest absolute Gasteiger partial charge is 0.380 e. The topological polar surface area (TPSA) is 86.2 Å². The fourth-order valence-corrected chi connectivity index (χ4v) is 3.47. The van der Waals surface area contributed by atoms with E-state index in [1.807, 2.05) is 0 Å². The van der Waals surface area contributed by atoms with E-state index in [4.69, 9.17) is 20.9 Å². The molecule has 7 nitrogen and oxygen atoms in total. The molecule has 33 heavy (non-hydrogen) atoms. The van der Waals surface area contributed by atoms with Crippen molar-refractivity contribution in [3.05, 3.63) is 88.9 Å². The van der Waals surface area contributed by atoms with Crippen molar-refractivity contribution in [1.82, 2.24) is 19.9 Å². The van der Waals surface area contributed by atoms with E-state index < -0.39 is 29.2 Å². The number of hydrogen-bond acceptors (Lipinski definition) is 6. The Morgan fingerprint density at radius 3 is 2.67 bits per heavy atom. The summed E-state index contributed by atoms with van der Waals surface area (Å²) in [5.41, 5.74) is -1.27. The summed E-state index contributed by atoms with van der Waals surface area (Å²) in [7, 11) is 0.